The second-order valence-corrected chi connectivity index (χ2v) is 10.6. The summed E-state index contributed by atoms with van der Waals surface area (Å²) in [5.41, 5.74) is -0.292. The summed E-state index contributed by atoms with van der Waals surface area (Å²) in [5.74, 6) is -1.67. The Kier molecular flexibility index (Phi) is 8.17. The van der Waals surface area contributed by atoms with E-state index in [-0.39, 0.29) is 18.0 Å². The van der Waals surface area contributed by atoms with E-state index < -0.39 is 12.0 Å². The smallest absolute Gasteiger partial charge is 0.295 e. The molecule has 0 heterocycles. The quantitative estimate of drug-likeness (QED) is 0.157. The summed E-state index contributed by atoms with van der Waals surface area (Å²) < 4.78 is 44.8. The lowest BCUT2D eigenvalue weighted by molar-refractivity contribution is -0.119. The lowest BCUT2D eigenvalue weighted by atomic mass is 10.0. The normalized spacial score (nSPS) is 14.9. The van der Waals surface area contributed by atoms with Gasteiger partial charge in [-0.15, -0.1) is 0 Å². The van der Waals surface area contributed by atoms with Gasteiger partial charge < -0.3 is 14.3 Å². The molecule has 0 bridgehead atoms. The Morgan fingerprint density at radius 2 is 1.47 bits per heavy atom. The highest BCUT2D eigenvalue weighted by Gasteiger charge is 2.41. The predicted octanol–water partition coefficient (Wildman–Crippen LogP) is 8.56. The number of alkyl halides is 2. The average molecular weight is 554 g/mol. The molecular formula is C30H26ClF2NO3S. The zero-order valence-electron chi connectivity index (χ0n) is 20.4. The zero-order chi connectivity index (χ0) is 26.5. The molecule has 0 amide bonds. The number of halogens is 3. The van der Waals surface area contributed by atoms with E-state index in [2.05, 4.69) is 4.72 Å². The fourth-order valence-corrected chi connectivity index (χ4v) is 5.33. The number of nitrogens with one attached hydrogen (secondary N) is 1. The minimum Gasteiger partial charge on any atom is -0.490 e. The summed E-state index contributed by atoms with van der Waals surface area (Å²) in [4.78, 5) is 12.4. The number of rotatable bonds is 10. The van der Waals surface area contributed by atoms with Crippen molar-refractivity contribution in [3.8, 4) is 17.2 Å². The van der Waals surface area contributed by atoms with Crippen LogP contribution in [0, 0.1) is 0 Å². The Labute approximate surface area is 229 Å². The van der Waals surface area contributed by atoms with Crippen molar-refractivity contribution in [3.63, 3.8) is 0 Å². The van der Waals surface area contributed by atoms with E-state index in [1.165, 1.54) is 37.1 Å². The van der Waals surface area contributed by atoms with E-state index in [1.807, 2.05) is 36.4 Å². The van der Waals surface area contributed by atoms with Crippen molar-refractivity contribution in [3.05, 3.63) is 95.5 Å². The standard InChI is InChI=1S/C30H26ClF2NO3S/c31-23-9-14-26(15-10-23)36-25-12-7-22(8-13-25)30(32,33)29(19-35)34-38-28-16-6-20-17-27(11-5-21(20)18-28)37-24-3-1-2-4-24/h5-19,24,29,34H,1-4H2. The number of carbonyl (C=O) groups excluding carboxylic acids is 1. The molecule has 1 aliphatic carbocycles. The Morgan fingerprint density at radius 3 is 2.16 bits per heavy atom. The Hall–Kier alpha value is -3.13. The van der Waals surface area contributed by atoms with Gasteiger partial charge in [-0.2, -0.15) is 8.78 Å². The van der Waals surface area contributed by atoms with Crippen LogP contribution in [0.4, 0.5) is 8.78 Å². The van der Waals surface area contributed by atoms with Crippen LogP contribution >= 0.6 is 23.5 Å². The second-order valence-electron chi connectivity index (χ2n) is 9.23. The van der Waals surface area contributed by atoms with Gasteiger partial charge in [-0.3, -0.25) is 0 Å². The van der Waals surface area contributed by atoms with Crippen molar-refractivity contribution in [1.82, 2.24) is 4.72 Å². The summed E-state index contributed by atoms with van der Waals surface area (Å²) in [6.45, 7) is 0. The van der Waals surface area contributed by atoms with Gasteiger partial charge in [0.15, 0.2) is 0 Å². The minimum atomic E-state index is -3.43. The van der Waals surface area contributed by atoms with Gasteiger partial charge in [-0.05, 0) is 121 Å². The van der Waals surface area contributed by atoms with Gasteiger partial charge in [0.05, 0.1) is 6.10 Å². The topological polar surface area (TPSA) is 47.6 Å². The number of carbonyl (C=O) groups is 1. The summed E-state index contributed by atoms with van der Waals surface area (Å²) in [6, 6.07) is 22.0. The molecule has 0 saturated heterocycles. The van der Waals surface area contributed by atoms with Gasteiger partial charge in [-0.1, -0.05) is 23.7 Å². The van der Waals surface area contributed by atoms with Crippen LogP contribution < -0.4 is 14.2 Å². The first-order valence-electron chi connectivity index (χ1n) is 12.4. The Balaban J connectivity index is 1.22. The maximum atomic E-state index is 15.2. The second kappa shape index (κ2) is 11.7. The maximum Gasteiger partial charge on any atom is 0.295 e. The monoisotopic (exact) mass is 553 g/mol. The number of benzene rings is 4. The minimum absolute atomic E-state index is 0.235. The zero-order valence-corrected chi connectivity index (χ0v) is 22.0. The van der Waals surface area contributed by atoms with Crippen molar-refractivity contribution >= 4 is 40.6 Å². The van der Waals surface area contributed by atoms with E-state index in [9.17, 15) is 4.79 Å². The number of hydrogen-bond acceptors (Lipinski definition) is 5. The van der Waals surface area contributed by atoms with Gasteiger partial charge in [0.1, 0.15) is 29.6 Å². The lowest BCUT2D eigenvalue weighted by Gasteiger charge is -2.23. The van der Waals surface area contributed by atoms with Gasteiger partial charge >= 0.3 is 0 Å². The molecule has 1 N–H and O–H groups in total. The molecule has 1 fully saturated rings. The summed E-state index contributed by atoms with van der Waals surface area (Å²) >= 11 is 6.87. The van der Waals surface area contributed by atoms with E-state index >= 15 is 8.78 Å². The average Bonchev–Trinajstić information content (AvgIpc) is 3.43. The van der Waals surface area contributed by atoms with E-state index in [1.54, 1.807) is 24.3 Å². The molecule has 38 heavy (non-hydrogen) atoms. The fraction of sp³-hybridized carbons (Fsp3) is 0.233. The van der Waals surface area contributed by atoms with Crippen molar-refractivity contribution in [1.29, 1.82) is 0 Å². The highest BCUT2D eigenvalue weighted by atomic mass is 35.5. The van der Waals surface area contributed by atoms with Crippen LogP contribution in [0.3, 0.4) is 0 Å². The molecule has 0 aliphatic heterocycles. The maximum absolute atomic E-state index is 15.2. The van der Waals surface area contributed by atoms with Crippen LogP contribution in [0.5, 0.6) is 17.2 Å². The molecular weight excluding hydrogens is 528 g/mol. The van der Waals surface area contributed by atoms with E-state index in [0.29, 0.717) is 16.5 Å². The molecule has 4 aromatic carbocycles. The van der Waals surface area contributed by atoms with Gasteiger partial charge in [-0.25, -0.2) is 4.72 Å². The summed E-state index contributed by atoms with van der Waals surface area (Å²) in [5, 5.41) is 2.53. The molecule has 1 aliphatic rings. The van der Waals surface area contributed by atoms with Gasteiger partial charge in [0.2, 0.25) is 0 Å². The van der Waals surface area contributed by atoms with Crippen LogP contribution in [0.1, 0.15) is 31.2 Å². The third kappa shape index (κ3) is 6.29. The van der Waals surface area contributed by atoms with Crippen molar-refractivity contribution in [2.45, 2.75) is 48.6 Å². The molecule has 1 atom stereocenters. The number of hydrogen-bond donors (Lipinski definition) is 1. The molecule has 4 nitrogen and oxygen atoms in total. The Bertz CT molecular complexity index is 1390. The molecule has 4 aromatic rings. The molecule has 0 spiro atoms. The third-order valence-electron chi connectivity index (χ3n) is 6.51. The van der Waals surface area contributed by atoms with Crippen molar-refractivity contribution in [2.75, 3.05) is 0 Å². The molecule has 5 rings (SSSR count). The molecule has 0 aromatic heterocycles. The first-order chi connectivity index (χ1) is 18.4. The SMILES string of the molecule is O=CC(NSc1ccc2cc(OC3CCCC3)ccc2c1)C(F)(F)c1ccc(Oc2ccc(Cl)cc2)cc1. The molecule has 8 heteroatoms. The first kappa shape index (κ1) is 26.5. The van der Waals surface area contributed by atoms with E-state index in [0.717, 1.165) is 46.2 Å². The molecule has 1 saturated carbocycles. The van der Waals surface area contributed by atoms with Crippen molar-refractivity contribution < 1.29 is 23.0 Å². The van der Waals surface area contributed by atoms with E-state index in [4.69, 9.17) is 21.1 Å². The Morgan fingerprint density at radius 1 is 0.868 bits per heavy atom. The summed E-state index contributed by atoms with van der Waals surface area (Å²) in [7, 11) is 0. The molecule has 0 radical (unpaired) electrons. The van der Waals surface area contributed by atoms with Crippen LogP contribution in [-0.2, 0) is 10.7 Å². The summed E-state index contributed by atoms with van der Waals surface area (Å²) in [6.07, 6.45) is 5.10. The largest absolute Gasteiger partial charge is 0.490 e. The van der Waals surface area contributed by atoms with Crippen LogP contribution in [0.15, 0.2) is 89.8 Å². The van der Waals surface area contributed by atoms with Crippen LogP contribution in [0.2, 0.25) is 5.02 Å². The van der Waals surface area contributed by atoms with Gasteiger partial charge in [0.25, 0.3) is 5.92 Å². The van der Waals surface area contributed by atoms with Crippen LogP contribution in [-0.4, -0.2) is 18.4 Å². The first-order valence-corrected chi connectivity index (χ1v) is 13.6. The molecule has 196 valence electrons. The van der Waals surface area contributed by atoms with Crippen molar-refractivity contribution in [2.24, 2.45) is 0 Å². The molecule has 1 unspecified atom stereocenters. The van der Waals surface area contributed by atoms with Gasteiger partial charge in [0, 0.05) is 15.5 Å². The lowest BCUT2D eigenvalue weighted by Crippen LogP contribution is -2.41. The highest BCUT2D eigenvalue weighted by molar-refractivity contribution is 7.97. The predicted molar refractivity (Wildman–Crippen MR) is 148 cm³/mol. The number of ether oxygens (including phenoxy) is 2. The highest BCUT2D eigenvalue weighted by Crippen LogP contribution is 2.35. The third-order valence-corrected chi connectivity index (χ3v) is 7.62. The number of fused-ring (bicyclic) bond motifs is 1. The fourth-order valence-electron chi connectivity index (χ4n) is 4.42. The van der Waals surface area contributed by atoms with Crippen LogP contribution in [0.25, 0.3) is 10.8 Å². The number of aldehydes is 1.